The summed E-state index contributed by atoms with van der Waals surface area (Å²) in [4.78, 5) is 31.7. The first kappa shape index (κ1) is 28.5. The van der Waals surface area contributed by atoms with Crippen LogP contribution in [0.5, 0.6) is 0 Å². The van der Waals surface area contributed by atoms with Crippen molar-refractivity contribution in [2.24, 2.45) is 13.0 Å². The molecule has 2 fully saturated rings. The van der Waals surface area contributed by atoms with E-state index < -0.39 is 5.60 Å². The van der Waals surface area contributed by atoms with Gasteiger partial charge in [0.15, 0.2) is 0 Å². The number of nitrogens with zero attached hydrogens (tertiary/aromatic N) is 3. The fraction of sp³-hybridized carbons (Fsp3) is 0.515. The Labute approximate surface area is 237 Å². The molecule has 2 aromatic carbocycles. The van der Waals surface area contributed by atoms with E-state index in [0.29, 0.717) is 44.6 Å². The summed E-state index contributed by atoms with van der Waals surface area (Å²) in [5.41, 5.74) is 1.39. The van der Waals surface area contributed by atoms with Crippen LogP contribution in [0.2, 0.25) is 0 Å². The molecule has 2 heterocycles. The predicted molar refractivity (Wildman–Crippen MR) is 158 cm³/mol. The predicted octanol–water partition coefficient (Wildman–Crippen LogP) is 4.05. The zero-order valence-corrected chi connectivity index (χ0v) is 23.7. The lowest BCUT2D eigenvalue weighted by atomic mass is 9.75. The number of amides is 1. The largest absolute Gasteiger partial charge is 0.395 e. The third kappa shape index (κ3) is 6.17. The van der Waals surface area contributed by atoms with E-state index in [1.807, 2.05) is 65.6 Å². The van der Waals surface area contributed by atoms with Crippen LogP contribution in [0.4, 0.5) is 0 Å². The first-order valence-electron chi connectivity index (χ1n) is 14.9. The summed E-state index contributed by atoms with van der Waals surface area (Å²) in [6, 6.07) is 19.8. The summed E-state index contributed by atoms with van der Waals surface area (Å²) in [6.07, 6.45) is 6.14. The lowest BCUT2D eigenvalue weighted by Crippen LogP contribution is -2.52. The van der Waals surface area contributed by atoms with Gasteiger partial charge in [-0.25, -0.2) is 0 Å². The molecule has 1 atom stereocenters. The van der Waals surface area contributed by atoms with Gasteiger partial charge in [0, 0.05) is 50.6 Å². The van der Waals surface area contributed by atoms with Gasteiger partial charge in [0.2, 0.25) is 5.91 Å². The van der Waals surface area contributed by atoms with E-state index >= 15 is 0 Å². The van der Waals surface area contributed by atoms with Crippen molar-refractivity contribution in [3.8, 4) is 0 Å². The van der Waals surface area contributed by atoms with Crippen molar-refractivity contribution >= 4 is 16.8 Å². The number of benzene rings is 2. The van der Waals surface area contributed by atoms with Crippen LogP contribution in [0, 0.1) is 5.92 Å². The molecule has 2 N–H and O–H groups in total. The molecular weight excluding hydrogens is 502 g/mol. The van der Waals surface area contributed by atoms with Gasteiger partial charge in [-0.05, 0) is 48.8 Å². The summed E-state index contributed by atoms with van der Waals surface area (Å²) < 4.78 is 1.67. The van der Waals surface area contributed by atoms with Crippen molar-refractivity contribution in [3.63, 3.8) is 0 Å². The number of fused-ring (bicyclic) bond motifs is 1. The molecule has 1 saturated carbocycles. The van der Waals surface area contributed by atoms with Crippen LogP contribution in [-0.2, 0) is 18.4 Å². The Balaban J connectivity index is 1.50. The molecule has 7 heteroatoms. The molecular formula is C33H43N3O4. The minimum atomic E-state index is -0.993. The third-order valence-corrected chi connectivity index (χ3v) is 9.23. The number of carbonyl (C=O) groups is 1. The van der Waals surface area contributed by atoms with Crippen LogP contribution in [0.15, 0.2) is 65.5 Å². The number of likely N-dealkylation sites (tertiary alicyclic amines) is 1. The molecule has 1 aliphatic heterocycles. The van der Waals surface area contributed by atoms with Crippen molar-refractivity contribution < 1.29 is 15.0 Å². The number of para-hydroxylation sites is 1. The van der Waals surface area contributed by atoms with Gasteiger partial charge in [0.05, 0.1) is 24.3 Å². The number of hydrogen-bond acceptors (Lipinski definition) is 5. The number of rotatable bonds is 9. The number of aromatic nitrogens is 1. The standard InChI is InChI=1S/C33H43N3O4/c1-34-30-15-9-8-14-27(30)22-28(31(34)38)23-36(32(39)26-12-6-3-7-13-26)24-29(25-10-4-2-5-11-25)33(40)16-18-35(19-17-33)20-21-37/h2,4-5,8-11,14-15,22,26,29,37,40H,3,6-7,12-13,16-21,23-24H2,1H3. The van der Waals surface area contributed by atoms with Crippen molar-refractivity contribution in [3.05, 3.63) is 82.1 Å². The summed E-state index contributed by atoms with van der Waals surface area (Å²) in [6.45, 7) is 2.67. The van der Waals surface area contributed by atoms with E-state index in [0.717, 1.165) is 48.6 Å². The first-order chi connectivity index (χ1) is 19.4. The molecule has 1 aliphatic carbocycles. The maximum Gasteiger partial charge on any atom is 0.255 e. The van der Waals surface area contributed by atoms with Crippen molar-refractivity contribution in [1.29, 1.82) is 0 Å². The Bertz CT molecular complexity index is 1340. The Morgan fingerprint density at radius 1 is 1.02 bits per heavy atom. The topological polar surface area (TPSA) is 86.0 Å². The summed E-state index contributed by atoms with van der Waals surface area (Å²) >= 11 is 0. The Kier molecular flexibility index (Phi) is 9.03. The van der Waals surface area contributed by atoms with Crippen LogP contribution in [-0.4, -0.2) is 68.9 Å². The molecule has 1 amide bonds. The van der Waals surface area contributed by atoms with E-state index in [4.69, 9.17) is 0 Å². The van der Waals surface area contributed by atoms with Crippen LogP contribution < -0.4 is 5.56 Å². The third-order valence-electron chi connectivity index (χ3n) is 9.23. The number of carbonyl (C=O) groups excluding carboxylic acids is 1. The smallest absolute Gasteiger partial charge is 0.255 e. The van der Waals surface area contributed by atoms with E-state index in [9.17, 15) is 19.8 Å². The molecule has 7 nitrogen and oxygen atoms in total. The van der Waals surface area contributed by atoms with Gasteiger partial charge < -0.3 is 24.6 Å². The molecule has 0 bridgehead atoms. The molecule has 1 saturated heterocycles. The Morgan fingerprint density at radius 3 is 2.40 bits per heavy atom. The molecule has 214 valence electrons. The van der Waals surface area contributed by atoms with Crippen LogP contribution in [0.1, 0.15) is 62.0 Å². The van der Waals surface area contributed by atoms with Gasteiger partial charge in [-0.15, -0.1) is 0 Å². The number of aryl methyl sites for hydroxylation is 1. The van der Waals surface area contributed by atoms with Crippen molar-refractivity contribution in [1.82, 2.24) is 14.4 Å². The molecule has 1 aromatic heterocycles. The number of aliphatic hydroxyl groups is 2. The van der Waals surface area contributed by atoms with Crippen LogP contribution >= 0.6 is 0 Å². The molecule has 3 aromatic rings. The van der Waals surface area contributed by atoms with Crippen molar-refractivity contribution in [2.45, 2.75) is 63.0 Å². The van der Waals surface area contributed by atoms with Gasteiger partial charge in [-0.1, -0.05) is 67.8 Å². The molecule has 2 aliphatic rings. The SMILES string of the molecule is Cn1c(=O)c(CN(CC(c2ccccc2)C2(O)CCN(CCO)CC2)C(=O)C2CCCCC2)cc2ccccc21. The van der Waals surface area contributed by atoms with Gasteiger partial charge >= 0.3 is 0 Å². The lowest BCUT2D eigenvalue weighted by molar-refractivity contribution is -0.139. The zero-order chi connectivity index (χ0) is 28.1. The number of aliphatic hydroxyl groups excluding tert-OH is 1. The van der Waals surface area contributed by atoms with Crippen LogP contribution in [0.3, 0.4) is 0 Å². The average molecular weight is 546 g/mol. The fourth-order valence-corrected chi connectivity index (χ4v) is 6.79. The maximum atomic E-state index is 14.2. The van der Waals surface area contributed by atoms with Gasteiger partial charge in [0.25, 0.3) is 5.56 Å². The minimum Gasteiger partial charge on any atom is -0.395 e. The monoisotopic (exact) mass is 545 g/mol. The second-order valence-corrected chi connectivity index (χ2v) is 11.8. The number of β-amino-alcohol motifs (C(OH)–C–C–N with tert-alkyl or cyclic N) is 1. The van der Waals surface area contributed by atoms with E-state index in [-0.39, 0.29) is 36.5 Å². The molecule has 0 radical (unpaired) electrons. The van der Waals surface area contributed by atoms with Gasteiger partial charge in [0.1, 0.15) is 0 Å². The second kappa shape index (κ2) is 12.7. The number of pyridine rings is 1. The minimum absolute atomic E-state index is 0.0458. The van der Waals surface area contributed by atoms with Crippen LogP contribution in [0.25, 0.3) is 10.9 Å². The number of piperidine rings is 1. The highest BCUT2D eigenvalue weighted by molar-refractivity contribution is 5.81. The fourth-order valence-electron chi connectivity index (χ4n) is 6.79. The molecule has 1 unspecified atom stereocenters. The zero-order valence-electron chi connectivity index (χ0n) is 23.7. The highest BCUT2D eigenvalue weighted by Crippen LogP contribution is 2.38. The van der Waals surface area contributed by atoms with E-state index in [1.54, 1.807) is 11.6 Å². The average Bonchev–Trinajstić information content (AvgIpc) is 2.99. The first-order valence-corrected chi connectivity index (χ1v) is 14.9. The van der Waals surface area contributed by atoms with Gasteiger partial charge in [-0.2, -0.15) is 0 Å². The highest BCUT2D eigenvalue weighted by Gasteiger charge is 2.42. The highest BCUT2D eigenvalue weighted by atomic mass is 16.3. The van der Waals surface area contributed by atoms with Gasteiger partial charge in [-0.3, -0.25) is 9.59 Å². The Hall–Kier alpha value is -3.00. The Morgan fingerprint density at radius 2 is 1.70 bits per heavy atom. The molecule has 5 rings (SSSR count). The second-order valence-electron chi connectivity index (χ2n) is 11.8. The summed E-state index contributed by atoms with van der Waals surface area (Å²) in [5, 5.41) is 22.5. The van der Waals surface area contributed by atoms with E-state index in [1.165, 1.54) is 0 Å². The van der Waals surface area contributed by atoms with Crippen molar-refractivity contribution in [2.75, 3.05) is 32.8 Å². The maximum absolute atomic E-state index is 14.2. The van der Waals surface area contributed by atoms with E-state index in [2.05, 4.69) is 4.90 Å². The number of hydrogen-bond donors (Lipinski definition) is 2. The molecule has 40 heavy (non-hydrogen) atoms. The summed E-state index contributed by atoms with van der Waals surface area (Å²) in [7, 11) is 1.79. The lowest BCUT2D eigenvalue weighted by Gasteiger charge is -2.45. The normalized spacial score (nSPS) is 19.0. The summed E-state index contributed by atoms with van der Waals surface area (Å²) in [5.74, 6) is -0.241. The quantitative estimate of drug-likeness (QED) is 0.424. The molecule has 0 spiro atoms.